The minimum Gasteiger partial charge on any atom is -0.319 e. The van der Waals surface area contributed by atoms with Gasteiger partial charge in [-0.05, 0) is 12.1 Å². The van der Waals surface area contributed by atoms with Gasteiger partial charge in [-0.2, -0.15) is 0 Å². The van der Waals surface area contributed by atoms with Crippen molar-refractivity contribution in [3.8, 4) is 11.3 Å². The van der Waals surface area contributed by atoms with Crippen molar-refractivity contribution in [1.29, 1.82) is 0 Å². The first-order chi connectivity index (χ1) is 10.3. The largest absolute Gasteiger partial charge is 0.319 e. The van der Waals surface area contributed by atoms with Crippen molar-refractivity contribution >= 4 is 22.9 Å². The number of hydrogen-bond donors (Lipinski definition) is 1. The van der Waals surface area contributed by atoms with Crippen LogP contribution in [0.25, 0.3) is 11.3 Å². The third-order valence-electron chi connectivity index (χ3n) is 2.94. The molecule has 0 fully saturated rings. The molecule has 21 heavy (non-hydrogen) atoms. The number of aromatic nitrogens is 1. The first kappa shape index (κ1) is 13.5. The van der Waals surface area contributed by atoms with Crippen molar-refractivity contribution in [3.63, 3.8) is 0 Å². The minimum absolute atomic E-state index is 0.162. The molecule has 0 bridgehead atoms. The van der Waals surface area contributed by atoms with E-state index in [2.05, 4.69) is 10.3 Å². The number of nitrogens with zero attached hydrogens (tertiary/aromatic N) is 1. The monoisotopic (exact) mass is 298 g/mol. The molecule has 1 N–H and O–H groups in total. The number of benzene rings is 2. The summed E-state index contributed by atoms with van der Waals surface area (Å²) in [7, 11) is 0. The molecule has 3 rings (SSSR count). The quantitative estimate of drug-likeness (QED) is 0.787. The van der Waals surface area contributed by atoms with Crippen LogP contribution in [0.5, 0.6) is 0 Å². The van der Waals surface area contributed by atoms with Gasteiger partial charge in [-0.1, -0.05) is 42.5 Å². The second-order valence-electron chi connectivity index (χ2n) is 4.33. The molecule has 0 saturated heterocycles. The van der Waals surface area contributed by atoms with Crippen LogP contribution in [-0.4, -0.2) is 10.9 Å². The number of hydrogen-bond acceptors (Lipinski definition) is 3. The average molecular weight is 298 g/mol. The normalized spacial score (nSPS) is 10.3. The number of anilines is 1. The Labute approximate surface area is 125 Å². The van der Waals surface area contributed by atoms with Crippen molar-refractivity contribution in [2.75, 3.05) is 5.32 Å². The van der Waals surface area contributed by atoms with Gasteiger partial charge < -0.3 is 5.32 Å². The molecule has 1 aromatic heterocycles. The molecule has 0 spiro atoms. The molecule has 0 unspecified atom stereocenters. The molecule has 0 aliphatic heterocycles. The number of halogens is 1. The van der Waals surface area contributed by atoms with Crippen molar-refractivity contribution in [2.24, 2.45) is 0 Å². The molecular weight excluding hydrogens is 287 g/mol. The van der Waals surface area contributed by atoms with Crippen LogP contribution >= 0.6 is 11.3 Å². The Kier molecular flexibility index (Phi) is 3.75. The summed E-state index contributed by atoms with van der Waals surface area (Å²) >= 11 is 1.23. The van der Waals surface area contributed by atoms with Gasteiger partial charge in [0, 0.05) is 5.56 Å². The maximum atomic E-state index is 13.6. The molecule has 1 heterocycles. The number of para-hydroxylation sites is 1. The van der Waals surface area contributed by atoms with E-state index in [9.17, 15) is 9.18 Å². The van der Waals surface area contributed by atoms with Crippen molar-refractivity contribution in [2.45, 2.75) is 0 Å². The lowest BCUT2D eigenvalue weighted by Crippen LogP contribution is -2.12. The standard InChI is InChI=1S/C16H11FN2OS/c17-12-8-4-5-9-13(12)19-16(20)15-14(18-10-21-15)11-6-2-1-3-7-11/h1-10H,(H,19,20). The average Bonchev–Trinajstić information content (AvgIpc) is 3.00. The fourth-order valence-electron chi connectivity index (χ4n) is 1.95. The molecule has 0 saturated carbocycles. The molecule has 0 radical (unpaired) electrons. The summed E-state index contributed by atoms with van der Waals surface area (Å²) in [4.78, 5) is 17.0. The predicted octanol–water partition coefficient (Wildman–Crippen LogP) is 4.20. The van der Waals surface area contributed by atoms with Crippen LogP contribution in [0.1, 0.15) is 9.67 Å². The van der Waals surface area contributed by atoms with Crippen molar-refractivity contribution < 1.29 is 9.18 Å². The Hall–Kier alpha value is -2.53. The van der Waals surface area contributed by atoms with E-state index in [0.717, 1.165) is 5.56 Å². The van der Waals surface area contributed by atoms with E-state index in [1.807, 2.05) is 30.3 Å². The summed E-state index contributed by atoms with van der Waals surface area (Å²) in [6.45, 7) is 0. The first-order valence-electron chi connectivity index (χ1n) is 6.30. The van der Waals surface area contributed by atoms with Gasteiger partial charge in [0.25, 0.3) is 5.91 Å². The third-order valence-corrected chi connectivity index (χ3v) is 3.77. The molecule has 3 aromatic rings. The highest BCUT2D eigenvalue weighted by molar-refractivity contribution is 7.12. The van der Waals surface area contributed by atoms with E-state index in [1.54, 1.807) is 17.6 Å². The molecule has 0 aliphatic rings. The highest BCUT2D eigenvalue weighted by atomic mass is 32.1. The Morgan fingerprint density at radius 3 is 2.52 bits per heavy atom. The van der Waals surface area contributed by atoms with Gasteiger partial charge in [0.15, 0.2) is 0 Å². The van der Waals surface area contributed by atoms with Crippen LogP contribution in [0.2, 0.25) is 0 Å². The van der Waals surface area contributed by atoms with Gasteiger partial charge in [-0.3, -0.25) is 4.79 Å². The van der Waals surface area contributed by atoms with Crippen LogP contribution in [0.4, 0.5) is 10.1 Å². The summed E-state index contributed by atoms with van der Waals surface area (Å²) in [5, 5.41) is 2.58. The van der Waals surface area contributed by atoms with Gasteiger partial charge in [-0.25, -0.2) is 9.37 Å². The SMILES string of the molecule is O=C(Nc1ccccc1F)c1scnc1-c1ccccc1. The van der Waals surface area contributed by atoms with Gasteiger partial charge >= 0.3 is 0 Å². The van der Waals surface area contributed by atoms with Gasteiger partial charge in [0.05, 0.1) is 16.9 Å². The highest BCUT2D eigenvalue weighted by Crippen LogP contribution is 2.26. The van der Waals surface area contributed by atoms with Gasteiger partial charge in [0.1, 0.15) is 10.7 Å². The second kappa shape index (κ2) is 5.85. The maximum absolute atomic E-state index is 13.6. The van der Waals surface area contributed by atoms with Crippen LogP contribution in [0.3, 0.4) is 0 Å². The van der Waals surface area contributed by atoms with Crippen LogP contribution in [0.15, 0.2) is 60.1 Å². The summed E-state index contributed by atoms with van der Waals surface area (Å²) in [5.41, 5.74) is 3.24. The first-order valence-corrected chi connectivity index (χ1v) is 7.18. The molecule has 3 nitrogen and oxygen atoms in total. The van der Waals surface area contributed by atoms with Crippen LogP contribution in [0, 0.1) is 5.82 Å². The van der Waals surface area contributed by atoms with E-state index in [1.165, 1.54) is 23.5 Å². The smallest absolute Gasteiger partial charge is 0.268 e. The summed E-state index contributed by atoms with van der Waals surface area (Å²) in [6.07, 6.45) is 0. The highest BCUT2D eigenvalue weighted by Gasteiger charge is 2.17. The lowest BCUT2D eigenvalue weighted by Gasteiger charge is -2.06. The molecule has 5 heteroatoms. The van der Waals surface area contributed by atoms with E-state index in [-0.39, 0.29) is 11.6 Å². The lowest BCUT2D eigenvalue weighted by atomic mass is 10.1. The van der Waals surface area contributed by atoms with E-state index in [4.69, 9.17) is 0 Å². The summed E-state index contributed by atoms with van der Waals surface area (Å²) < 4.78 is 13.6. The van der Waals surface area contributed by atoms with E-state index < -0.39 is 5.82 Å². The minimum atomic E-state index is -0.461. The fourth-order valence-corrected chi connectivity index (χ4v) is 2.65. The lowest BCUT2D eigenvalue weighted by molar-refractivity contribution is 0.103. The number of rotatable bonds is 3. The molecule has 0 aliphatic carbocycles. The zero-order chi connectivity index (χ0) is 14.7. The number of amides is 1. The fraction of sp³-hybridized carbons (Fsp3) is 0. The second-order valence-corrected chi connectivity index (χ2v) is 5.18. The number of carbonyl (C=O) groups is 1. The van der Waals surface area contributed by atoms with E-state index in [0.29, 0.717) is 10.6 Å². The number of carbonyl (C=O) groups excluding carboxylic acids is 1. The Bertz CT molecular complexity index is 771. The molecule has 104 valence electrons. The van der Waals surface area contributed by atoms with Gasteiger partial charge in [0.2, 0.25) is 0 Å². The van der Waals surface area contributed by atoms with Crippen molar-refractivity contribution in [1.82, 2.24) is 4.98 Å². The number of nitrogens with one attached hydrogen (secondary N) is 1. The Morgan fingerprint density at radius 1 is 1.05 bits per heavy atom. The molecule has 2 aromatic carbocycles. The molecular formula is C16H11FN2OS. The van der Waals surface area contributed by atoms with Crippen molar-refractivity contribution in [3.05, 3.63) is 70.8 Å². The molecule has 0 atom stereocenters. The van der Waals surface area contributed by atoms with Crippen LogP contribution in [-0.2, 0) is 0 Å². The zero-order valence-corrected chi connectivity index (χ0v) is 11.7. The third kappa shape index (κ3) is 2.83. The van der Waals surface area contributed by atoms with Crippen LogP contribution < -0.4 is 5.32 Å². The Morgan fingerprint density at radius 2 is 1.76 bits per heavy atom. The maximum Gasteiger partial charge on any atom is 0.268 e. The summed E-state index contributed by atoms with van der Waals surface area (Å²) in [5.74, 6) is -0.821. The summed E-state index contributed by atoms with van der Waals surface area (Å²) in [6, 6.07) is 15.5. The van der Waals surface area contributed by atoms with Gasteiger partial charge in [-0.15, -0.1) is 11.3 Å². The zero-order valence-electron chi connectivity index (χ0n) is 10.9. The molecule has 1 amide bonds. The topological polar surface area (TPSA) is 42.0 Å². The Balaban J connectivity index is 1.90. The number of thiazole rings is 1. The predicted molar refractivity (Wildman–Crippen MR) is 81.9 cm³/mol. The van der Waals surface area contributed by atoms with E-state index >= 15 is 0 Å².